The molecule has 2 atom stereocenters. The molecule has 0 N–H and O–H groups in total. The molecule has 2 fully saturated rings. The van der Waals surface area contributed by atoms with E-state index >= 15 is 0 Å². The number of hydrogen-bond donors (Lipinski definition) is 0. The van der Waals surface area contributed by atoms with Crippen LogP contribution in [-0.4, -0.2) is 38.0 Å². The Hall–Kier alpha value is -2.41. The van der Waals surface area contributed by atoms with Crippen molar-refractivity contribution in [3.63, 3.8) is 0 Å². The topological polar surface area (TPSA) is 57.7 Å². The second-order valence-electron chi connectivity index (χ2n) is 6.69. The van der Waals surface area contributed by atoms with Crippen molar-refractivity contribution in [2.75, 3.05) is 21.3 Å². The molecule has 0 bridgehead atoms. The van der Waals surface area contributed by atoms with Crippen LogP contribution in [0.5, 0.6) is 0 Å². The minimum absolute atomic E-state index is 0.0564. The Labute approximate surface area is 152 Å². The summed E-state index contributed by atoms with van der Waals surface area (Å²) in [6.07, 6.45) is 0.737. The first-order valence-corrected chi connectivity index (χ1v) is 10.4. The number of urea groups is 1. The van der Waals surface area contributed by atoms with Gasteiger partial charge in [0.25, 0.3) is 0 Å². The highest BCUT2D eigenvalue weighted by atomic mass is 32.2. The average Bonchev–Trinajstić information content (AvgIpc) is 3.04. The van der Waals surface area contributed by atoms with Gasteiger partial charge >= 0.3 is 6.03 Å². The molecule has 2 aromatic rings. The number of benzene rings is 2. The molecule has 0 aromatic heterocycles. The average molecular weight is 374 g/mol. The van der Waals surface area contributed by atoms with Crippen molar-refractivity contribution >= 4 is 27.2 Å². The Kier molecular flexibility index (Phi) is 3.99. The largest absolute Gasteiger partial charge is 0.329 e. The summed E-state index contributed by atoms with van der Waals surface area (Å²) in [5, 5.41) is 0. The highest BCUT2D eigenvalue weighted by molar-refractivity contribution is 7.91. The maximum Gasteiger partial charge on any atom is 0.329 e. The number of fused-ring (bicyclic) bond motifs is 1. The maximum atomic E-state index is 13.3. The van der Waals surface area contributed by atoms with Gasteiger partial charge in [-0.05, 0) is 42.3 Å². The summed E-state index contributed by atoms with van der Waals surface area (Å²) in [6.45, 7) is 2.00. The van der Waals surface area contributed by atoms with Crippen molar-refractivity contribution in [1.82, 2.24) is 0 Å². The van der Waals surface area contributed by atoms with E-state index in [1.165, 1.54) is 29.2 Å². The van der Waals surface area contributed by atoms with Crippen molar-refractivity contribution in [2.45, 2.75) is 25.4 Å². The van der Waals surface area contributed by atoms with Crippen molar-refractivity contribution in [3.8, 4) is 0 Å². The third kappa shape index (κ3) is 2.67. The van der Waals surface area contributed by atoms with Gasteiger partial charge in [-0.15, -0.1) is 0 Å². The van der Waals surface area contributed by atoms with Crippen LogP contribution in [0.25, 0.3) is 0 Å². The van der Waals surface area contributed by atoms with Crippen LogP contribution in [0.3, 0.4) is 0 Å². The first kappa shape index (κ1) is 17.0. The molecule has 2 saturated heterocycles. The van der Waals surface area contributed by atoms with Gasteiger partial charge in [0.05, 0.1) is 23.6 Å². The van der Waals surface area contributed by atoms with Gasteiger partial charge in [-0.25, -0.2) is 17.6 Å². The number of sulfone groups is 1. The van der Waals surface area contributed by atoms with E-state index in [1.54, 1.807) is 4.90 Å². The van der Waals surface area contributed by atoms with E-state index in [0.29, 0.717) is 5.69 Å². The van der Waals surface area contributed by atoms with Gasteiger partial charge < -0.3 is 0 Å². The lowest BCUT2D eigenvalue weighted by atomic mass is 10.1. The lowest BCUT2D eigenvalue weighted by Gasteiger charge is -2.24. The standard InChI is InChI=1S/C19H19FN2O3S/c1-2-13-5-3-4-6-16(13)22-18-12-26(24,25)11-17(18)21(19(22)23)15-9-7-14(20)8-10-15/h3-10,17-18H,2,11-12H2,1H3/t17-,18-/m1/s1. The van der Waals surface area contributed by atoms with E-state index in [2.05, 4.69) is 0 Å². The van der Waals surface area contributed by atoms with Crippen molar-refractivity contribution in [1.29, 1.82) is 0 Å². The predicted molar refractivity (Wildman–Crippen MR) is 98.8 cm³/mol. The summed E-state index contributed by atoms with van der Waals surface area (Å²) < 4.78 is 37.9. The molecular formula is C19H19FN2O3S. The summed E-state index contributed by atoms with van der Waals surface area (Å²) in [7, 11) is -3.25. The second kappa shape index (κ2) is 6.09. The first-order valence-electron chi connectivity index (χ1n) is 8.57. The van der Waals surface area contributed by atoms with Crippen molar-refractivity contribution in [3.05, 3.63) is 59.9 Å². The number of halogens is 1. The summed E-state index contributed by atoms with van der Waals surface area (Å²) in [5.74, 6) is -0.533. The molecule has 2 aliphatic heterocycles. The molecule has 0 radical (unpaired) electrons. The van der Waals surface area contributed by atoms with Crippen LogP contribution in [0.15, 0.2) is 48.5 Å². The minimum atomic E-state index is -3.25. The maximum absolute atomic E-state index is 13.3. The summed E-state index contributed by atoms with van der Waals surface area (Å²) in [6, 6.07) is 12.0. The summed E-state index contributed by atoms with van der Waals surface area (Å²) in [4.78, 5) is 16.4. The van der Waals surface area contributed by atoms with Crippen LogP contribution in [0, 0.1) is 5.82 Å². The zero-order chi connectivity index (χ0) is 18.5. The van der Waals surface area contributed by atoms with Gasteiger partial charge in [-0.1, -0.05) is 25.1 Å². The Morgan fingerprint density at radius 3 is 2.27 bits per heavy atom. The van der Waals surface area contributed by atoms with E-state index in [9.17, 15) is 17.6 Å². The van der Waals surface area contributed by atoms with Crippen LogP contribution >= 0.6 is 0 Å². The number of carbonyl (C=O) groups is 1. The Balaban J connectivity index is 1.83. The van der Waals surface area contributed by atoms with Crippen LogP contribution in [0.4, 0.5) is 20.6 Å². The lowest BCUT2D eigenvalue weighted by molar-refractivity contribution is 0.255. The molecular weight excluding hydrogens is 355 g/mol. The number of amides is 2. The quantitative estimate of drug-likeness (QED) is 0.776. The molecule has 0 saturated carbocycles. The normalized spacial score (nSPS) is 24.2. The Morgan fingerprint density at radius 1 is 1.00 bits per heavy atom. The number of anilines is 2. The van der Waals surface area contributed by atoms with Crippen molar-refractivity contribution in [2.24, 2.45) is 0 Å². The van der Waals surface area contributed by atoms with Crippen LogP contribution < -0.4 is 9.80 Å². The highest BCUT2D eigenvalue weighted by Crippen LogP contribution is 2.39. The molecule has 2 heterocycles. The van der Waals surface area contributed by atoms with Crippen molar-refractivity contribution < 1.29 is 17.6 Å². The zero-order valence-corrected chi connectivity index (χ0v) is 15.1. The molecule has 2 aromatic carbocycles. The summed E-state index contributed by atoms with van der Waals surface area (Å²) >= 11 is 0. The molecule has 7 heteroatoms. The minimum Gasteiger partial charge on any atom is -0.288 e. The number of rotatable bonds is 3. The smallest absolute Gasteiger partial charge is 0.288 e. The van der Waals surface area contributed by atoms with E-state index in [-0.39, 0.29) is 17.5 Å². The highest BCUT2D eigenvalue weighted by Gasteiger charge is 2.54. The monoisotopic (exact) mass is 374 g/mol. The van der Waals surface area contributed by atoms with Gasteiger partial charge in [0, 0.05) is 11.4 Å². The van der Waals surface area contributed by atoms with Crippen LogP contribution in [0.2, 0.25) is 0 Å². The molecule has 0 spiro atoms. The van der Waals surface area contributed by atoms with Gasteiger partial charge in [0.15, 0.2) is 9.84 Å². The molecule has 2 amide bonds. The SMILES string of the molecule is CCc1ccccc1N1C(=O)N(c2ccc(F)cc2)[C@@H]2CS(=O)(=O)C[C@H]21. The summed E-state index contributed by atoms with van der Waals surface area (Å²) in [5.41, 5.74) is 2.25. The van der Waals surface area contributed by atoms with Gasteiger partial charge in [-0.3, -0.25) is 9.80 Å². The third-order valence-corrected chi connectivity index (χ3v) is 6.80. The third-order valence-electron chi connectivity index (χ3n) is 5.11. The molecule has 0 aliphatic carbocycles. The predicted octanol–water partition coefficient (Wildman–Crippen LogP) is 3.00. The fourth-order valence-corrected chi connectivity index (χ4v) is 5.85. The molecule has 5 nitrogen and oxygen atoms in total. The van der Waals surface area contributed by atoms with Gasteiger partial charge in [0.2, 0.25) is 0 Å². The second-order valence-corrected chi connectivity index (χ2v) is 8.85. The number of hydrogen-bond acceptors (Lipinski definition) is 3. The first-order chi connectivity index (χ1) is 12.4. The molecule has 0 unspecified atom stereocenters. The molecule has 136 valence electrons. The van der Waals surface area contributed by atoms with E-state index < -0.39 is 27.7 Å². The zero-order valence-electron chi connectivity index (χ0n) is 14.3. The van der Waals surface area contributed by atoms with E-state index in [4.69, 9.17) is 0 Å². The Morgan fingerprint density at radius 2 is 1.62 bits per heavy atom. The van der Waals surface area contributed by atoms with E-state index in [1.807, 2.05) is 31.2 Å². The number of aryl methyl sites for hydroxylation is 1. The van der Waals surface area contributed by atoms with Crippen LogP contribution in [0.1, 0.15) is 12.5 Å². The number of nitrogens with zero attached hydrogens (tertiary/aromatic N) is 2. The fourth-order valence-electron chi connectivity index (χ4n) is 3.93. The lowest BCUT2D eigenvalue weighted by Crippen LogP contribution is -2.38. The Bertz CT molecular complexity index is 959. The van der Waals surface area contributed by atoms with E-state index in [0.717, 1.165) is 17.7 Å². The van der Waals surface area contributed by atoms with Gasteiger partial charge in [0.1, 0.15) is 5.82 Å². The van der Waals surface area contributed by atoms with Gasteiger partial charge in [-0.2, -0.15) is 0 Å². The number of carbonyl (C=O) groups excluding carboxylic acids is 1. The number of para-hydroxylation sites is 1. The molecule has 26 heavy (non-hydrogen) atoms. The fraction of sp³-hybridized carbons (Fsp3) is 0.316. The molecule has 4 rings (SSSR count). The molecule has 2 aliphatic rings. The van der Waals surface area contributed by atoms with Crippen LogP contribution in [-0.2, 0) is 16.3 Å².